The Balaban J connectivity index is 1.79. The molecule has 3 aromatic rings. The molecule has 0 heterocycles. The van der Waals surface area contributed by atoms with E-state index in [1.54, 1.807) is 0 Å². The highest BCUT2D eigenvalue weighted by atomic mass is 16.5. The number of aryl methyl sites for hydroxylation is 3. The molecule has 0 amide bonds. The predicted octanol–water partition coefficient (Wildman–Crippen LogP) is 6.63. The van der Waals surface area contributed by atoms with Gasteiger partial charge in [0.15, 0.2) is 0 Å². The predicted molar refractivity (Wildman–Crippen MR) is 146 cm³/mol. The molecule has 0 saturated carbocycles. The molecule has 0 saturated heterocycles. The van der Waals surface area contributed by atoms with Gasteiger partial charge in [-0.3, -0.25) is 4.79 Å². The lowest BCUT2D eigenvalue weighted by molar-refractivity contribution is -0.136. The average molecular weight is 488 g/mol. The molecule has 190 valence electrons. The second kappa shape index (κ2) is 12.5. The van der Waals surface area contributed by atoms with Crippen LogP contribution in [0, 0.1) is 33.1 Å². The Hall–Kier alpha value is -3.44. The molecular weight excluding hydrogens is 450 g/mol. The number of hydrogen-bond donors (Lipinski definition) is 2. The molecule has 0 bridgehead atoms. The second-order valence-electron chi connectivity index (χ2n) is 9.25. The van der Waals surface area contributed by atoms with E-state index in [1.165, 1.54) is 11.1 Å². The molecule has 3 aromatic carbocycles. The number of aliphatic carboxylic acids is 1. The fourth-order valence-corrected chi connectivity index (χ4v) is 4.54. The Labute approximate surface area is 214 Å². The monoisotopic (exact) mass is 487 g/mol. The van der Waals surface area contributed by atoms with Gasteiger partial charge in [0.2, 0.25) is 0 Å². The lowest BCUT2D eigenvalue weighted by Gasteiger charge is -2.18. The van der Waals surface area contributed by atoms with Crippen LogP contribution in [0.4, 0.5) is 0 Å². The van der Waals surface area contributed by atoms with Crippen LogP contribution < -0.4 is 4.74 Å². The number of rotatable bonds is 12. The minimum Gasteiger partial charge on any atom is -0.491 e. The van der Waals surface area contributed by atoms with Crippen LogP contribution in [-0.4, -0.2) is 36.6 Å². The maximum Gasteiger partial charge on any atom is 0.303 e. The molecule has 0 atom stereocenters. The number of nitrogens with one attached hydrogen (secondary N) is 1. The van der Waals surface area contributed by atoms with Crippen molar-refractivity contribution in [3.8, 4) is 16.9 Å². The van der Waals surface area contributed by atoms with Crippen molar-refractivity contribution in [1.82, 2.24) is 0 Å². The van der Waals surface area contributed by atoms with Gasteiger partial charge < -0.3 is 20.0 Å². The van der Waals surface area contributed by atoms with Crippen LogP contribution in [0.25, 0.3) is 11.1 Å². The van der Waals surface area contributed by atoms with Crippen molar-refractivity contribution in [1.29, 1.82) is 5.41 Å². The standard InChI is InChI=1S/C31H37NO4/c1-6-35-14-15-36-29-17-21(3)31(23(5)22(29)4)27-9-7-8-24(18-27)19-28(32)26-11-10-25(20(2)16-26)12-13-30(33)34/h7-11,16-18,32H,6,12-15,19H2,1-5H3,(H,33,34). The molecule has 0 fully saturated rings. The van der Waals surface area contributed by atoms with Crippen LogP contribution in [0.15, 0.2) is 48.5 Å². The van der Waals surface area contributed by atoms with Crippen LogP contribution >= 0.6 is 0 Å². The SMILES string of the molecule is CCOCCOc1cc(C)c(-c2cccc(CC(=N)c3ccc(CCC(=O)O)c(C)c3)c2)c(C)c1C. The van der Waals surface area contributed by atoms with Crippen LogP contribution in [-0.2, 0) is 22.4 Å². The quantitative estimate of drug-likeness (QED) is 0.222. The molecule has 0 unspecified atom stereocenters. The number of carboxylic acids is 1. The van der Waals surface area contributed by atoms with Crippen molar-refractivity contribution in [2.75, 3.05) is 19.8 Å². The Kier molecular flexibility index (Phi) is 9.43. The highest BCUT2D eigenvalue weighted by molar-refractivity contribution is 6.00. The topological polar surface area (TPSA) is 79.6 Å². The summed E-state index contributed by atoms with van der Waals surface area (Å²) in [4.78, 5) is 10.9. The van der Waals surface area contributed by atoms with Crippen molar-refractivity contribution >= 4 is 11.7 Å². The van der Waals surface area contributed by atoms with Crippen LogP contribution in [0.1, 0.15) is 52.3 Å². The third kappa shape index (κ3) is 6.82. The largest absolute Gasteiger partial charge is 0.491 e. The fourth-order valence-electron chi connectivity index (χ4n) is 4.54. The number of hydrogen-bond acceptors (Lipinski definition) is 4. The summed E-state index contributed by atoms with van der Waals surface area (Å²) in [6.07, 6.45) is 1.14. The third-order valence-electron chi connectivity index (χ3n) is 6.63. The Bertz CT molecular complexity index is 1250. The highest BCUT2D eigenvalue weighted by Crippen LogP contribution is 2.35. The first kappa shape index (κ1) is 27.2. The highest BCUT2D eigenvalue weighted by Gasteiger charge is 2.14. The summed E-state index contributed by atoms with van der Waals surface area (Å²) in [5.74, 6) is 0.101. The van der Waals surface area contributed by atoms with Crippen LogP contribution in [0.3, 0.4) is 0 Å². The van der Waals surface area contributed by atoms with Gasteiger partial charge in [-0.2, -0.15) is 0 Å². The Morgan fingerprint density at radius 1 is 0.944 bits per heavy atom. The van der Waals surface area contributed by atoms with Gasteiger partial charge in [0.1, 0.15) is 12.4 Å². The zero-order valence-corrected chi connectivity index (χ0v) is 22.0. The summed E-state index contributed by atoms with van der Waals surface area (Å²) in [6.45, 7) is 12.1. The zero-order chi connectivity index (χ0) is 26.2. The van der Waals surface area contributed by atoms with Crippen LogP contribution in [0.5, 0.6) is 5.75 Å². The molecular formula is C31H37NO4. The number of carboxylic acid groups (broad SMARTS) is 1. The summed E-state index contributed by atoms with van der Waals surface area (Å²) < 4.78 is 11.4. The normalized spacial score (nSPS) is 10.9. The van der Waals surface area contributed by atoms with Crippen molar-refractivity contribution < 1.29 is 19.4 Å². The lowest BCUT2D eigenvalue weighted by Crippen LogP contribution is -2.08. The van der Waals surface area contributed by atoms with Crippen molar-refractivity contribution in [3.63, 3.8) is 0 Å². The van der Waals surface area contributed by atoms with E-state index in [4.69, 9.17) is 20.0 Å². The van der Waals surface area contributed by atoms with Crippen molar-refractivity contribution in [2.24, 2.45) is 0 Å². The smallest absolute Gasteiger partial charge is 0.303 e. The second-order valence-corrected chi connectivity index (χ2v) is 9.25. The van der Waals surface area contributed by atoms with Crippen molar-refractivity contribution in [3.05, 3.63) is 87.5 Å². The first-order chi connectivity index (χ1) is 17.2. The van der Waals surface area contributed by atoms with Gasteiger partial charge in [-0.15, -0.1) is 0 Å². The average Bonchev–Trinajstić information content (AvgIpc) is 2.84. The number of benzene rings is 3. The molecule has 5 nitrogen and oxygen atoms in total. The van der Waals surface area contributed by atoms with Crippen LogP contribution in [0.2, 0.25) is 0 Å². The molecule has 2 N–H and O–H groups in total. The van der Waals surface area contributed by atoms with Gasteiger partial charge in [-0.05, 0) is 103 Å². The molecule has 0 aliphatic carbocycles. The third-order valence-corrected chi connectivity index (χ3v) is 6.63. The van der Waals surface area contributed by atoms with Gasteiger partial charge in [-0.1, -0.05) is 36.4 Å². The molecule has 0 aliphatic rings. The summed E-state index contributed by atoms with van der Waals surface area (Å²) in [7, 11) is 0. The van der Waals surface area contributed by atoms with E-state index in [0.29, 0.717) is 38.4 Å². The molecule has 0 spiro atoms. The summed E-state index contributed by atoms with van der Waals surface area (Å²) in [5.41, 5.74) is 10.4. The van der Waals surface area contributed by atoms with Gasteiger partial charge >= 0.3 is 5.97 Å². The van der Waals surface area contributed by atoms with E-state index in [2.05, 4.69) is 51.1 Å². The number of carbonyl (C=O) groups is 1. The molecule has 36 heavy (non-hydrogen) atoms. The van der Waals surface area contributed by atoms with Gasteiger partial charge in [-0.25, -0.2) is 0 Å². The van der Waals surface area contributed by atoms with Gasteiger partial charge in [0, 0.05) is 25.2 Å². The molecule has 0 aromatic heterocycles. The minimum absolute atomic E-state index is 0.114. The molecule has 3 rings (SSSR count). The van der Waals surface area contributed by atoms with Gasteiger partial charge in [0.25, 0.3) is 0 Å². The molecule has 0 aliphatic heterocycles. The van der Waals surface area contributed by atoms with E-state index in [9.17, 15) is 4.79 Å². The number of ether oxygens (including phenoxy) is 2. The van der Waals surface area contributed by atoms with E-state index in [-0.39, 0.29) is 6.42 Å². The zero-order valence-electron chi connectivity index (χ0n) is 22.0. The van der Waals surface area contributed by atoms with Gasteiger partial charge in [0.05, 0.1) is 6.61 Å². The Morgan fingerprint density at radius 2 is 1.72 bits per heavy atom. The molecule has 5 heteroatoms. The maximum absolute atomic E-state index is 10.9. The first-order valence-corrected chi connectivity index (χ1v) is 12.5. The first-order valence-electron chi connectivity index (χ1n) is 12.5. The minimum atomic E-state index is -0.796. The summed E-state index contributed by atoms with van der Waals surface area (Å²) >= 11 is 0. The summed E-state index contributed by atoms with van der Waals surface area (Å²) in [5, 5.41) is 17.6. The van der Waals surface area contributed by atoms with E-state index in [0.717, 1.165) is 44.7 Å². The fraction of sp³-hybridized carbons (Fsp3) is 0.355. The van der Waals surface area contributed by atoms with E-state index in [1.807, 2.05) is 32.0 Å². The molecule has 0 radical (unpaired) electrons. The van der Waals surface area contributed by atoms with Crippen molar-refractivity contribution in [2.45, 2.75) is 53.9 Å². The summed E-state index contributed by atoms with van der Waals surface area (Å²) in [6, 6.07) is 16.4. The van der Waals surface area contributed by atoms with E-state index < -0.39 is 5.97 Å². The Morgan fingerprint density at radius 3 is 2.42 bits per heavy atom. The maximum atomic E-state index is 10.9. The lowest BCUT2D eigenvalue weighted by atomic mass is 9.90. The van der Waals surface area contributed by atoms with E-state index >= 15 is 0 Å².